The van der Waals surface area contributed by atoms with Crippen molar-refractivity contribution in [3.05, 3.63) is 64.2 Å². The van der Waals surface area contributed by atoms with Crippen LogP contribution in [0, 0.1) is 6.92 Å². The molecule has 0 aliphatic carbocycles. The Balaban J connectivity index is 1.82. The van der Waals surface area contributed by atoms with Crippen LogP contribution in [0.4, 0.5) is 5.69 Å². The van der Waals surface area contributed by atoms with Crippen molar-refractivity contribution in [2.45, 2.75) is 32.2 Å². The van der Waals surface area contributed by atoms with Crippen LogP contribution in [0.2, 0.25) is 5.02 Å². The van der Waals surface area contributed by atoms with Gasteiger partial charge in [-0.15, -0.1) is 0 Å². The van der Waals surface area contributed by atoms with Gasteiger partial charge in [-0.1, -0.05) is 35.9 Å². The summed E-state index contributed by atoms with van der Waals surface area (Å²) in [5, 5.41) is 0.770. The van der Waals surface area contributed by atoms with Gasteiger partial charge in [0.1, 0.15) is 0 Å². The van der Waals surface area contributed by atoms with Crippen molar-refractivity contribution in [2.24, 2.45) is 0 Å². The molecule has 2 N–H and O–H groups in total. The maximum atomic E-state index is 12.9. The lowest BCUT2D eigenvalue weighted by Gasteiger charge is -2.26. The van der Waals surface area contributed by atoms with Gasteiger partial charge in [0, 0.05) is 28.9 Å². The van der Waals surface area contributed by atoms with E-state index in [4.69, 9.17) is 17.3 Å². The minimum atomic E-state index is 0.0735. The summed E-state index contributed by atoms with van der Waals surface area (Å²) in [6, 6.07) is 13.6. The standard InChI is InChI=1S/C19H21ClN2O/c1-13-8-9-15(21)12-17(13)19(23)22-10-4-6-16(22)11-14-5-2-3-7-18(14)20/h2-3,5,7-9,12,16H,4,6,10-11,21H2,1H3. The fourth-order valence-electron chi connectivity index (χ4n) is 3.26. The van der Waals surface area contributed by atoms with Crippen molar-refractivity contribution in [2.75, 3.05) is 12.3 Å². The molecule has 0 radical (unpaired) electrons. The van der Waals surface area contributed by atoms with Gasteiger partial charge >= 0.3 is 0 Å². The molecule has 1 atom stereocenters. The highest BCUT2D eigenvalue weighted by Gasteiger charge is 2.30. The van der Waals surface area contributed by atoms with Gasteiger partial charge in [-0.2, -0.15) is 0 Å². The maximum absolute atomic E-state index is 12.9. The molecule has 1 saturated heterocycles. The van der Waals surface area contributed by atoms with E-state index < -0.39 is 0 Å². The van der Waals surface area contributed by atoms with E-state index in [9.17, 15) is 4.79 Å². The Hall–Kier alpha value is -2.00. The molecule has 1 aliphatic heterocycles. The molecule has 1 amide bonds. The number of benzene rings is 2. The molecule has 1 heterocycles. The summed E-state index contributed by atoms with van der Waals surface area (Å²) >= 11 is 6.27. The smallest absolute Gasteiger partial charge is 0.254 e. The van der Waals surface area contributed by atoms with E-state index in [2.05, 4.69) is 0 Å². The molecule has 4 heteroatoms. The summed E-state index contributed by atoms with van der Waals surface area (Å²) < 4.78 is 0. The molecule has 1 aliphatic rings. The lowest BCUT2D eigenvalue weighted by molar-refractivity contribution is 0.0736. The van der Waals surface area contributed by atoms with E-state index in [1.54, 1.807) is 6.07 Å². The topological polar surface area (TPSA) is 46.3 Å². The van der Waals surface area contributed by atoms with Gasteiger partial charge in [0.2, 0.25) is 0 Å². The lowest BCUT2D eigenvalue weighted by atomic mass is 10.0. The number of carbonyl (C=O) groups is 1. The summed E-state index contributed by atoms with van der Waals surface area (Å²) in [5.74, 6) is 0.0735. The molecule has 120 valence electrons. The Morgan fingerprint density at radius 3 is 2.87 bits per heavy atom. The zero-order chi connectivity index (χ0) is 16.4. The number of halogens is 1. The number of nitrogens with zero attached hydrogens (tertiary/aromatic N) is 1. The molecular weight excluding hydrogens is 308 g/mol. The zero-order valence-electron chi connectivity index (χ0n) is 13.3. The van der Waals surface area contributed by atoms with E-state index in [0.717, 1.165) is 42.0 Å². The van der Waals surface area contributed by atoms with Gasteiger partial charge < -0.3 is 10.6 Å². The van der Waals surface area contributed by atoms with Crippen LogP contribution in [0.15, 0.2) is 42.5 Å². The van der Waals surface area contributed by atoms with E-state index in [1.165, 1.54) is 0 Å². The minimum absolute atomic E-state index is 0.0735. The second kappa shape index (κ2) is 6.63. The summed E-state index contributed by atoms with van der Waals surface area (Å²) in [6.45, 7) is 2.74. The third-order valence-electron chi connectivity index (χ3n) is 4.54. The third kappa shape index (κ3) is 3.35. The molecule has 3 rings (SSSR count). The Labute approximate surface area is 142 Å². The molecule has 0 spiro atoms. The first-order valence-corrected chi connectivity index (χ1v) is 8.34. The number of hydrogen-bond acceptors (Lipinski definition) is 2. The average Bonchev–Trinajstić information content (AvgIpc) is 2.99. The Kier molecular flexibility index (Phi) is 4.58. The third-order valence-corrected chi connectivity index (χ3v) is 4.91. The molecule has 23 heavy (non-hydrogen) atoms. The first-order chi connectivity index (χ1) is 11.1. The number of nitrogens with two attached hydrogens (primary N) is 1. The van der Waals surface area contributed by atoms with Crippen molar-refractivity contribution in [1.82, 2.24) is 4.90 Å². The molecule has 3 nitrogen and oxygen atoms in total. The predicted molar refractivity (Wildman–Crippen MR) is 94.8 cm³/mol. The highest BCUT2D eigenvalue weighted by molar-refractivity contribution is 6.31. The van der Waals surface area contributed by atoms with Crippen LogP contribution in [0.3, 0.4) is 0 Å². The van der Waals surface area contributed by atoms with Crippen molar-refractivity contribution in [3.8, 4) is 0 Å². The van der Waals surface area contributed by atoms with Crippen molar-refractivity contribution in [3.63, 3.8) is 0 Å². The summed E-state index contributed by atoms with van der Waals surface area (Å²) in [7, 11) is 0. The van der Waals surface area contributed by atoms with E-state index >= 15 is 0 Å². The quantitative estimate of drug-likeness (QED) is 0.863. The Morgan fingerprint density at radius 2 is 2.09 bits per heavy atom. The molecule has 0 bridgehead atoms. The SMILES string of the molecule is Cc1ccc(N)cc1C(=O)N1CCCC1Cc1ccccc1Cl. The molecule has 2 aromatic rings. The fourth-order valence-corrected chi connectivity index (χ4v) is 3.47. The van der Waals surface area contributed by atoms with Crippen LogP contribution in [0.5, 0.6) is 0 Å². The normalized spacial score (nSPS) is 17.5. The number of anilines is 1. The number of nitrogen functional groups attached to an aromatic ring is 1. The van der Waals surface area contributed by atoms with Crippen molar-refractivity contribution >= 4 is 23.2 Å². The van der Waals surface area contributed by atoms with Crippen molar-refractivity contribution in [1.29, 1.82) is 0 Å². The average molecular weight is 329 g/mol. The van der Waals surface area contributed by atoms with Crippen LogP contribution in [0.1, 0.15) is 34.3 Å². The molecule has 0 saturated carbocycles. The van der Waals surface area contributed by atoms with Gasteiger partial charge in [0.05, 0.1) is 0 Å². The largest absolute Gasteiger partial charge is 0.399 e. The van der Waals surface area contributed by atoms with Gasteiger partial charge in [0.25, 0.3) is 5.91 Å². The highest BCUT2D eigenvalue weighted by Crippen LogP contribution is 2.27. The van der Waals surface area contributed by atoms with Gasteiger partial charge in [0.15, 0.2) is 0 Å². The van der Waals surface area contributed by atoms with Crippen LogP contribution < -0.4 is 5.73 Å². The second-order valence-electron chi connectivity index (χ2n) is 6.16. The number of amides is 1. The highest BCUT2D eigenvalue weighted by atomic mass is 35.5. The van der Waals surface area contributed by atoms with Crippen LogP contribution in [-0.4, -0.2) is 23.4 Å². The molecular formula is C19H21ClN2O. The fraction of sp³-hybridized carbons (Fsp3) is 0.316. The minimum Gasteiger partial charge on any atom is -0.399 e. The van der Waals surface area contributed by atoms with Crippen LogP contribution in [0.25, 0.3) is 0 Å². The monoisotopic (exact) mass is 328 g/mol. The van der Waals surface area contributed by atoms with E-state index in [-0.39, 0.29) is 11.9 Å². The number of carbonyl (C=O) groups excluding carboxylic acids is 1. The van der Waals surface area contributed by atoms with Crippen LogP contribution >= 0.6 is 11.6 Å². The van der Waals surface area contributed by atoms with Crippen molar-refractivity contribution < 1.29 is 4.79 Å². The van der Waals surface area contributed by atoms with Gasteiger partial charge in [-0.3, -0.25) is 4.79 Å². The Morgan fingerprint density at radius 1 is 1.30 bits per heavy atom. The predicted octanol–water partition coefficient (Wildman–Crippen LogP) is 4.08. The molecule has 0 aromatic heterocycles. The lowest BCUT2D eigenvalue weighted by Crippen LogP contribution is -2.37. The number of likely N-dealkylation sites (tertiary alicyclic amines) is 1. The van der Waals surface area contributed by atoms with Gasteiger partial charge in [-0.25, -0.2) is 0 Å². The Bertz CT molecular complexity index is 729. The van der Waals surface area contributed by atoms with Gasteiger partial charge in [-0.05, 0) is 55.5 Å². The zero-order valence-corrected chi connectivity index (χ0v) is 14.0. The first kappa shape index (κ1) is 15.9. The number of rotatable bonds is 3. The number of hydrogen-bond donors (Lipinski definition) is 1. The van der Waals surface area contributed by atoms with E-state index in [0.29, 0.717) is 11.3 Å². The summed E-state index contributed by atoms with van der Waals surface area (Å²) in [5.41, 5.74) is 9.25. The maximum Gasteiger partial charge on any atom is 0.254 e. The van der Waals surface area contributed by atoms with Crippen LogP contribution in [-0.2, 0) is 6.42 Å². The molecule has 2 aromatic carbocycles. The number of aryl methyl sites for hydroxylation is 1. The molecule has 1 fully saturated rings. The molecule has 1 unspecified atom stereocenters. The summed E-state index contributed by atoms with van der Waals surface area (Å²) in [6.07, 6.45) is 2.84. The second-order valence-corrected chi connectivity index (χ2v) is 6.57. The first-order valence-electron chi connectivity index (χ1n) is 7.97. The van der Waals surface area contributed by atoms with E-state index in [1.807, 2.05) is 48.2 Å². The summed E-state index contributed by atoms with van der Waals surface area (Å²) in [4.78, 5) is 14.9.